The van der Waals surface area contributed by atoms with E-state index in [1.165, 1.54) is 32.1 Å². The minimum atomic E-state index is -1.38. The van der Waals surface area contributed by atoms with Gasteiger partial charge in [0.05, 0.1) is 13.2 Å². The van der Waals surface area contributed by atoms with Gasteiger partial charge in [0.25, 0.3) is 0 Å². The highest BCUT2D eigenvalue weighted by Crippen LogP contribution is 2.18. The molecule has 9 heteroatoms. The Bertz CT molecular complexity index is 1010. The van der Waals surface area contributed by atoms with Crippen molar-refractivity contribution in [1.29, 1.82) is 0 Å². The number of rotatable bonds is 35. The Hall–Kier alpha value is -3.20. The number of aliphatic hydroxyl groups is 1. The number of hydrogen-bond acceptors (Lipinski definition) is 6. The van der Waals surface area contributed by atoms with E-state index < -0.39 is 24.5 Å². The number of carbonyl (C=O) groups is 4. The summed E-state index contributed by atoms with van der Waals surface area (Å²) in [6.45, 7) is 3.33. The highest BCUT2D eigenvalue weighted by atomic mass is 16.5. The molecule has 2 unspecified atom stereocenters. The topological polar surface area (TPSA) is 142 Å². The molecule has 0 aliphatic rings. The van der Waals surface area contributed by atoms with Crippen molar-refractivity contribution in [1.82, 2.24) is 10.6 Å². The smallest absolute Gasteiger partial charge is 0.328 e. The van der Waals surface area contributed by atoms with E-state index in [0.717, 1.165) is 103 Å². The molecule has 0 aromatic heterocycles. The van der Waals surface area contributed by atoms with Crippen LogP contribution in [0.1, 0.15) is 168 Å². The summed E-state index contributed by atoms with van der Waals surface area (Å²) in [7, 11) is 0. The van der Waals surface area contributed by atoms with Crippen LogP contribution in [0.5, 0.6) is 0 Å². The van der Waals surface area contributed by atoms with Crippen molar-refractivity contribution in [3.05, 3.63) is 48.6 Å². The van der Waals surface area contributed by atoms with E-state index in [-0.39, 0.29) is 24.5 Å². The second-order valence-electron chi connectivity index (χ2n) is 13.3. The maximum absolute atomic E-state index is 12.7. The summed E-state index contributed by atoms with van der Waals surface area (Å²) >= 11 is 0. The first kappa shape index (κ1) is 47.8. The third-order valence-corrected chi connectivity index (χ3v) is 8.59. The maximum atomic E-state index is 12.7. The summed E-state index contributed by atoms with van der Waals surface area (Å²) in [5, 5.41) is 22.5. The zero-order chi connectivity index (χ0) is 37.6. The van der Waals surface area contributed by atoms with E-state index in [0.29, 0.717) is 19.3 Å². The summed E-state index contributed by atoms with van der Waals surface area (Å²) in [6.07, 6.45) is 41.5. The Morgan fingerprint density at radius 1 is 0.608 bits per heavy atom. The van der Waals surface area contributed by atoms with Crippen molar-refractivity contribution in [2.75, 3.05) is 13.2 Å². The lowest BCUT2D eigenvalue weighted by Crippen LogP contribution is -2.47. The van der Waals surface area contributed by atoms with Gasteiger partial charge in [0.1, 0.15) is 12.1 Å². The van der Waals surface area contributed by atoms with Crippen LogP contribution in [0, 0.1) is 0 Å². The highest BCUT2D eigenvalue weighted by Gasteiger charge is 2.19. The predicted molar refractivity (Wildman–Crippen MR) is 208 cm³/mol. The highest BCUT2D eigenvalue weighted by molar-refractivity contribution is 5.87. The minimum Gasteiger partial charge on any atom is -0.480 e. The first-order valence-corrected chi connectivity index (χ1v) is 20.0. The number of amides is 2. The SMILES string of the molecule is CC/C=C\C/C=C\C/C=C\C/C=C\CCCCCCC(=O)OC(CCCCCCCC)CCCCCCCC(=O)NCC(=O)NC(CO)C(=O)O. The Morgan fingerprint density at radius 3 is 1.69 bits per heavy atom. The molecule has 0 heterocycles. The van der Waals surface area contributed by atoms with Gasteiger partial charge in [0.15, 0.2) is 0 Å². The maximum Gasteiger partial charge on any atom is 0.328 e. The van der Waals surface area contributed by atoms with E-state index in [9.17, 15) is 19.2 Å². The Labute approximate surface area is 309 Å². The fourth-order valence-electron chi connectivity index (χ4n) is 5.53. The summed E-state index contributed by atoms with van der Waals surface area (Å²) in [5.41, 5.74) is 0. The van der Waals surface area contributed by atoms with Crippen molar-refractivity contribution in [2.24, 2.45) is 0 Å². The lowest BCUT2D eigenvalue weighted by molar-refractivity contribution is -0.150. The normalized spacial score (nSPS) is 13.0. The number of carbonyl (C=O) groups excluding carboxylic acids is 3. The van der Waals surface area contributed by atoms with Gasteiger partial charge >= 0.3 is 11.9 Å². The number of unbranched alkanes of at least 4 members (excludes halogenated alkanes) is 13. The summed E-state index contributed by atoms with van der Waals surface area (Å²) < 4.78 is 5.96. The number of carboxylic acids is 1. The summed E-state index contributed by atoms with van der Waals surface area (Å²) in [5.74, 6) is -2.33. The lowest BCUT2D eigenvalue weighted by atomic mass is 10.0. The van der Waals surface area contributed by atoms with E-state index in [4.69, 9.17) is 14.9 Å². The minimum absolute atomic E-state index is 0.0229. The molecule has 0 aliphatic carbocycles. The summed E-state index contributed by atoms with van der Waals surface area (Å²) in [6, 6.07) is -1.38. The van der Waals surface area contributed by atoms with E-state index in [1.807, 2.05) is 0 Å². The van der Waals surface area contributed by atoms with E-state index >= 15 is 0 Å². The van der Waals surface area contributed by atoms with Crippen molar-refractivity contribution < 1.29 is 34.1 Å². The van der Waals surface area contributed by atoms with Gasteiger partial charge in [0, 0.05) is 12.8 Å². The van der Waals surface area contributed by atoms with Crippen LogP contribution in [0.2, 0.25) is 0 Å². The number of aliphatic hydroxyl groups excluding tert-OH is 1. The average molecular weight is 717 g/mol. The van der Waals surface area contributed by atoms with E-state index in [2.05, 4.69) is 73.1 Å². The van der Waals surface area contributed by atoms with Gasteiger partial charge in [-0.15, -0.1) is 0 Å². The molecule has 0 aliphatic heterocycles. The standard InChI is InChI=1S/C42H72N2O7/c1-3-5-7-9-11-12-13-14-15-16-17-18-19-20-21-26-30-34-41(48)51-37(31-27-23-10-8-6-4-2)32-28-24-22-25-29-33-39(46)43-35-40(47)44-38(36-45)42(49)50/h5,7,11-12,14-15,17-18,37-38,45H,3-4,6,8-10,13,16,19-36H2,1-2H3,(H,43,46)(H,44,47)(H,49,50)/b7-5-,12-11-,15-14-,18-17-. The first-order chi connectivity index (χ1) is 24.8. The molecule has 9 nitrogen and oxygen atoms in total. The quantitative estimate of drug-likeness (QED) is 0.0291. The second kappa shape index (κ2) is 36.6. The summed E-state index contributed by atoms with van der Waals surface area (Å²) in [4.78, 5) is 47.3. The van der Waals surface area contributed by atoms with Crippen LogP contribution in [0.15, 0.2) is 48.6 Å². The Morgan fingerprint density at radius 2 is 1.12 bits per heavy atom. The molecule has 0 saturated heterocycles. The Kier molecular flexibility index (Phi) is 34.3. The first-order valence-electron chi connectivity index (χ1n) is 20.0. The van der Waals surface area contributed by atoms with Gasteiger partial charge in [0.2, 0.25) is 11.8 Å². The van der Waals surface area contributed by atoms with Gasteiger partial charge in [-0.3, -0.25) is 14.4 Å². The molecule has 0 aromatic carbocycles. The fraction of sp³-hybridized carbons (Fsp3) is 0.714. The molecule has 2 amide bonds. The van der Waals surface area contributed by atoms with Crippen LogP contribution in [-0.4, -0.2) is 59.3 Å². The zero-order valence-corrected chi connectivity index (χ0v) is 32.1. The molecule has 292 valence electrons. The zero-order valence-electron chi connectivity index (χ0n) is 32.1. The van der Waals surface area contributed by atoms with Crippen LogP contribution < -0.4 is 10.6 Å². The molecule has 0 bridgehead atoms. The number of esters is 1. The number of carboxylic acid groups (broad SMARTS) is 1. The van der Waals surface area contributed by atoms with Gasteiger partial charge in [-0.05, 0) is 77.0 Å². The lowest BCUT2D eigenvalue weighted by Gasteiger charge is -2.18. The van der Waals surface area contributed by atoms with Crippen molar-refractivity contribution in [3.8, 4) is 0 Å². The largest absolute Gasteiger partial charge is 0.480 e. The third kappa shape index (κ3) is 33.7. The molecular formula is C42H72N2O7. The molecule has 0 radical (unpaired) electrons. The van der Waals surface area contributed by atoms with Gasteiger partial charge in [-0.1, -0.05) is 127 Å². The molecule has 0 fully saturated rings. The second-order valence-corrected chi connectivity index (χ2v) is 13.3. The van der Waals surface area contributed by atoms with Gasteiger partial charge in [-0.2, -0.15) is 0 Å². The number of aliphatic carboxylic acids is 1. The monoisotopic (exact) mass is 717 g/mol. The molecule has 0 saturated carbocycles. The molecule has 0 rings (SSSR count). The molecule has 4 N–H and O–H groups in total. The number of hydrogen-bond donors (Lipinski definition) is 4. The van der Waals surface area contributed by atoms with E-state index in [1.54, 1.807) is 0 Å². The van der Waals surface area contributed by atoms with Crippen LogP contribution in [0.3, 0.4) is 0 Å². The van der Waals surface area contributed by atoms with Gasteiger partial charge in [-0.25, -0.2) is 4.79 Å². The van der Waals surface area contributed by atoms with Crippen molar-refractivity contribution in [2.45, 2.75) is 180 Å². The molecule has 0 aromatic rings. The van der Waals surface area contributed by atoms with Crippen molar-refractivity contribution in [3.63, 3.8) is 0 Å². The molecule has 2 atom stereocenters. The van der Waals surface area contributed by atoms with Gasteiger partial charge < -0.3 is 25.6 Å². The number of allylic oxidation sites excluding steroid dienone is 8. The van der Waals surface area contributed by atoms with Crippen LogP contribution >= 0.6 is 0 Å². The average Bonchev–Trinajstić information content (AvgIpc) is 3.11. The Balaban J connectivity index is 4.18. The molecule has 0 spiro atoms. The fourth-order valence-corrected chi connectivity index (χ4v) is 5.53. The van der Waals surface area contributed by atoms with Crippen LogP contribution in [0.4, 0.5) is 0 Å². The molecular weight excluding hydrogens is 644 g/mol. The van der Waals surface area contributed by atoms with Crippen LogP contribution in [-0.2, 0) is 23.9 Å². The van der Waals surface area contributed by atoms with Crippen molar-refractivity contribution >= 4 is 23.8 Å². The number of nitrogens with one attached hydrogen (secondary N) is 2. The molecule has 51 heavy (non-hydrogen) atoms. The number of ether oxygens (including phenoxy) is 1. The predicted octanol–water partition coefficient (Wildman–Crippen LogP) is 9.20. The van der Waals surface area contributed by atoms with Crippen LogP contribution in [0.25, 0.3) is 0 Å². The third-order valence-electron chi connectivity index (χ3n) is 8.59.